The van der Waals surface area contributed by atoms with E-state index in [2.05, 4.69) is 43.6 Å². The number of ether oxygens (including phenoxy) is 3. The second-order valence-electron chi connectivity index (χ2n) is 11.3. The van der Waals surface area contributed by atoms with Gasteiger partial charge in [-0.1, -0.05) is 34.9 Å². The molecule has 0 spiro atoms. The van der Waals surface area contributed by atoms with Crippen LogP contribution in [0.4, 0.5) is 4.79 Å². The van der Waals surface area contributed by atoms with Gasteiger partial charge in [0.15, 0.2) is 6.29 Å². The molecule has 15 nitrogen and oxygen atoms in total. The molecule has 5 N–H and O–H groups in total. The average Bonchev–Trinajstić information content (AvgIpc) is 2.95. The number of aliphatic hydroxyl groups excluding tert-OH is 3. The van der Waals surface area contributed by atoms with Crippen molar-refractivity contribution in [3.63, 3.8) is 0 Å². The van der Waals surface area contributed by atoms with Crippen LogP contribution >= 0.6 is 15.2 Å². The van der Waals surface area contributed by atoms with Crippen molar-refractivity contribution < 1.29 is 61.6 Å². The number of carbonyl (C=O) groups is 2. The summed E-state index contributed by atoms with van der Waals surface area (Å²) >= 11 is 0. The van der Waals surface area contributed by atoms with Gasteiger partial charge in [-0.05, 0) is 53.4 Å². The minimum absolute atomic E-state index is 0.0316. The van der Waals surface area contributed by atoms with Crippen molar-refractivity contribution in [2.24, 2.45) is 0 Å². The number of carbonyl (C=O) groups excluding carboxylic acids is 2. The monoisotopic (exact) mass is 698 g/mol. The molecule has 46 heavy (non-hydrogen) atoms. The van der Waals surface area contributed by atoms with E-state index in [1.54, 1.807) is 6.08 Å². The Hall–Kier alpha value is -1.90. The van der Waals surface area contributed by atoms with Crippen molar-refractivity contribution in [2.45, 2.75) is 84.0 Å². The molecule has 0 aromatic heterocycles. The second-order valence-corrected chi connectivity index (χ2v) is 15.5. The molecule has 1 aliphatic heterocycles. The zero-order chi connectivity index (χ0) is 34.9. The van der Waals surface area contributed by atoms with Crippen molar-refractivity contribution in [3.05, 3.63) is 34.9 Å². The van der Waals surface area contributed by atoms with Gasteiger partial charge in [0.25, 0.3) is 0 Å². The molecule has 1 saturated heterocycles. The molecular formula is C29H52N2O13P2. The Morgan fingerprint density at radius 1 is 0.913 bits per heavy atom. The lowest BCUT2D eigenvalue weighted by Crippen LogP contribution is -2.65. The number of hydrogen-bond donors (Lipinski definition) is 5. The van der Waals surface area contributed by atoms with E-state index < -0.39 is 71.0 Å². The lowest BCUT2D eigenvalue weighted by Gasteiger charge is -2.42. The summed E-state index contributed by atoms with van der Waals surface area (Å²) in [6.07, 6.45) is 2.14. The van der Waals surface area contributed by atoms with E-state index in [9.17, 15) is 34.0 Å². The Kier molecular flexibility index (Phi) is 19.4. The van der Waals surface area contributed by atoms with Gasteiger partial charge in [-0.25, -0.2) is 9.11 Å². The highest BCUT2D eigenvalue weighted by atomic mass is 31.3. The molecule has 266 valence electrons. The summed E-state index contributed by atoms with van der Waals surface area (Å²) in [4.78, 5) is 23.9. The molecule has 7 atom stereocenters. The predicted molar refractivity (Wildman–Crippen MR) is 172 cm³/mol. The van der Waals surface area contributed by atoms with E-state index in [1.165, 1.54) is 18.3 Å². The van der Waals surface area contributed by atoms with Crippen LogP contribution in [0.2, 0.25) is 0 Å². The molecular weight excluding hydrogens is 646 g/mol. The SMILES string of the molecule is COCCOC(=O)NCC(=O)N[C@@H]1C(CO)O[C@H](O[P@](C)(=O)O[P@](C)(=O)OC/C=C(/C)CC/C=C(\C)CCC=C(C)C)C(O)[C@H]1O. The molecule has 1 rings (SSSR count). The summed E-state index contributed by atoms with van der Waals surface area (Å²) < 4.78 is 56.7. The highest BCUT2D eigenvalue weighted by Gasteiger charge is 2.48. The molecule has 2 amide bonds. The van der Waals surface area contributed by atoms with E-state index in [-0.39, 0.29) is 19.8 Å². The summed E-state index contributed by atoms with van der Waals surface area (Å²) in [6, 6.07) is -1.34. The lowest BCUT2D eigenvalue weighted by molar-refractivity contribution is -0.252. The average molecular weight is 699 g/mol. The lowest BCUT2D eigenvalue weighted by atomic mass is 9.96. The fourth-order valence-corrected chi connectivity index (χ4v) is 7.56. The summed E-state index contributed by atoms with van der Waals surface area (Å²) in [5.74, 6) is -0.791. The molecule has 1 fully saturated rings. The molecule has 17 heteroatoms. The van der Waals surface area contributed by atoms with E-state index in [0.29, 0.717) is 0 Å². The van der Waals surface area contributed by atoms with Crippen LogP contribution in [0.1, 0.15) is 53.4 Å². The fraction of sp³-hybridized carbons (Fsp3) is 0.724. The molecule has 0 radical (unpaired) electrons. The van der Waals surface area contributed by atoms with E-state index in [1.807, 2.05) is 6.92 Å². The highest BCUT2D eigenvalue weighted by Crippen LogP contribution is 2.62. The third-order valence-corrected chi connectivity index (χ3v) is 10.2. The Morgan fingerprint density at radius 3 is 2.15 bits per heavy atom. The predicted octanol–water partition coefficient (Wildman–Crippen LogP) is 3.40. The summed E-state index contributed by atoms with van der Waals surface area (Å²) in [6.45, 7) is 9.04. The van der Waals surface area contributed by atoms with Gasteiger partial charge in [-0.3, -0.25) is 18.4 Å². The number of allylic oxidation sites excluding steroid dienone is 5. The van der Waals surface area contributed by atoms with Crippen molar-refractivity contribution in [1.29, 1.82) is 0 Å². The van der Waals surface area contributed by atoms with E-state index in [4.69, 9.17) is 27.6 Å². The molecule has 0 saturated carbocycles. The molecule has 2 unspecified atom stereocenters. The van der Waals surface area contributed by atoms with Gasteiger partial charge in [0, 0.05) is 20.4 Å². The maximum Gasteiger partial charge on any atom is 0.407 e. The van der Waals surface area contributed by atoms with Crippen LogP contribution in [0.15, 0.2) is 34.9 Å². The Bertz CT molecular complexity index is 1150. The van der Waals surface area contributed by atoms with Gasteiger partial charge < -0.3 is 44.7 Å². The quantitative estimate of drug-likeness (QED) is 0.0703. The number of nitrogens with one attached hydrogen (secondary N) is 2. The maximum atomic E-state index is 13.1. The van der Waals surface area contributed by atoms with Gasteiger partial charge in [0.05, 0.1) is 25.9 Å². The van der Waals surface area contributed by atoms with Crippen LogP contribution in [-0.2, 0) is 41.5 Å². The molecule has 0 aromatic rings. The molecule has 0 bridgehead atoms. The van der Waals surface area contributed by atoms with Crippen LogP contribution in [0, 0.1) is 0 Å². The first-order valence-corrected chi connectivity index (χ1v) is 18.9. The first kappa shape index (κ1) is 42.1. The van der Waals surface area contributed by atoms with Crippen LogP contribution in [-0.4, -0.2) is 111 Å². The van der Waals surface area contributed by atoms with Crippen molar-refractivity contribution >= 4 is 27.2 Å². The van der Waals surface area contributed by atoms with Crippen LogP contribution in [0.25, 0.3) is 0 Å². The normalized spacial score (nSPS) is 24.8. The largest absolute Gasteiger partial charge is 0.447 e. The summed E-state index contributed by atoms with van der Waals surface area (Å²) in [7, 11) is -6.73. The minimum Gasteiger partial charge on any atom is -0.447 e. The number of rotatable bonds is 20. The molecule has 1 aliphatic rings. The van der Waals surface area contributed by atoms with Crippen LogP contribution < -0.4 is 10.6 Å². The van der Waals surface area contributed by atoms with Gasteiger partial charge in [0.2, 0.25) is 5.91 Å². The Morgan fingerprint density at radius 2 is 1.54 bits per heavy atom. The van der Waals surface area contributed by atoms with Crippen LogP contribution in [0.5, 0.6) is 0 Å². The smallest absolute Gasteiger partial charge is 0.407 e. The first-order chi connectivity index (χ1) is 21.5. The Balaban J connectivity index is 2.63. The van der Waals surface area contributed by atoms with Gasteiger partial charge in [0.1, 0.15) is 31.5 Å². The molecule has 0 aromatic carbocycles. The third-order valence-electron chi connectivity index (χ3n) is 6.58. The number of methoxy groups -OCH3 is 1. The zero-order valence-corrected chi connectivity index (χ0v) is 29.6. The maximum absolute atomic E-state index is 13.1. The van der Waals surface area contributed by atoms with Crippen molar-refractivity contribution in [3.8, 4) is 0 Å². The second kappa shape index (κ2) is 21.1. The number of amides is 2. The van der Waals surface area contributed by atoms with Crippen LogP contribution in [0.3, 0.4) is 0 Å². The van der Waals surface area contributed by atoms with Gasteiger partial charge in [-0.15, -0.1) is 0 Å². The number of aliphatic hydroxyl groups is 3. The number of alkyl carbamates (subject to hydrolysis) is 1. The third kappa shape index (κ3) is 17.3. The highest BCUT2D eigenvalue weighted by molar-refractivity contribution is 7.66. The van der Waals surface area contributed by atoms with Gasteiger partial charge >= 0.3 is 21.3 Å². The Labute approximate surface area is 271 Å². The first-order valence-electron chi connectivity index (χ1n) is 15.0. The van der Waals surface area contributed by atoms with Crippen molar-refractivity contribution in [2.75, 3.05) is 53.4 Å². The summed E-state index contributed by atoms with van der Waals surface area (Å²) in [5, 5.41) is 35.6. The standard InChI is InChI=1S/C29H52N2O13P2/c1-20(2)10-8-11-21(3)12-9-13-22(4)14-15-41-45(6,37)44-46(7,38)43-28-27(35)26(34)25(23(19-32)42-28)31-24(33)18-30-29(36)40-17-16-39-5/h10,12,14,23,25-28,32,34-35H,8-9,11,13,15-19H2,1-7H3,(H,30,36)(H,31,33)/b21-12+,22-14-/t23?,25-,26+,27?,28-,45-,46+/m1/s1. The van der Waals surface area contributed by atoms with E-state index in [0.717, 1.165) is 44.6 Å². The van der Waals surface area contributed by atoms with Crippen molar-refractivity contribution in [1.82, 2.24) is 10.6 Å². The fourth-order valence-electron chi connectivity index (χ4n) is 4.17. The molecule has 1 heterocycles. The number of hydrogen-bond acceptors (Lipinski definition) is 13. The van der Waals surface area contributed by atoms with E-state index >= 15 is 0 Å². The minimum atomic E-state index is -4.23. The molecule has 0 aliphatic carbocycles. The zero-order valence-electron chi connectivity index (χ0n) is 27.8. The van der Waals surface area contributed by atoms with Gasteiger partial charge in [-0.2, -0.15) is 0 Å². The summed E-state index contributed by atoms with van der Waals surface area (Å²) in [5.41, 5.74) is 3.61. The topological polar surface area (TPSA) is 208 Å².